The molecule has 0 amide bonds. The summed E-state index contributed by atoms with van der Waals surface area (Å²) in [4.78, 5) is 12.6. The largest absolute Gasteiger partial charge is 0.493 e. The predicted molar refractivity (Wildman–Crippen MR) is 126 cm³/mol. The van der Waals surface area contributed by atoms with E-state index < -0.39 is 11.9 Å². The van der Waals surface area contributed by atoms with E-state index in [9.17, 15) is 10.1 Å². The number of nitriles is 1. The van der Waals surface area contributed by atoms with Crippen LogP contribution >= 0.6 is 0 Å². The van der Waals surface area contributed by atoms with E-state index in [0.29, 0.717) is 40.7 Å². The summed E-state index contributed by atoms with van der Waals surface area (Å²) in [6.07, 6.45) is 0. The Morgan fingerprint density at radius 2 is 1.94 bits per heavy atom. The van der Waals surface area contributed by atoms with Crippen molar-refractivity contribution in [1.82, 2.24) is 0 Å². The molecule has 0 aliphatic carbocycles. The highest BCUT2D eigenvalue weighted by Gasteiger charge is 2.31. The first-order valence-corrected chi connectivity index (χ1v) is 10.8. The molecule has 34 heavy (non-hydrogen) atoms. The molecule has 3 aromatic rings. The standard InChI is InChI=1S/C27H24N2O5/c1-4-32-22-11-8-17(13-24(22)31-3)25-20-10-9-19(14-23(20)34-26(29)21(25)15-28)33-27(30)18-7-5-6-16(2)12-18/h5-14,25H,4,29H2,1-3H3. The van der Waals surface area contributed by atoms with Crippen LogP contribution in [0.1, 0.15) is 39.9 Å². The Bertz CT molecular complexity index is 1320. The first kappa shape index (κ1) is 22.7. The Hall–Kier alpha value is -4.44. The monoisotopic (exact) mass is 456 g/mol. The molecule has 1 unspecified atom stereocenters. The van der Waals surface area contributed by atoms with E-state index in [0.717, 1.165) is 11.1 Å². The molecule has 0 bridgehead atoms. The van der Waals surface area contributed by atoms with Gasteiger partial charge < -0.3 is 24.7 Å². The van der Waals surface area contributed by atoms with Crippen LogP contribution in [0, 0.1) is 18.3 Å². The second kappa shape index (κ2) is 9.59. The van der Waals surface area contributed by atoms with Crippen molar-refractivity contribution in [3.63, 3.8) is 0 Å². The molecule has 1 aliphatic heterocycles. The summed E-state index contributed by atoms with van der Waals surface area (Å²) in [6, 6.07) is 19.8. The number of hydrogen-bond acceptors (Lipinski definition) is 7. The zero-order valence-corrected chi connectivity index (χ0v) is 19.1. The van der Waals surface area contributed by atoms with Crippen LogP contribution in [0.4, 0.5) is 0 Å². The highest BCUT2D eigenvalue weighted by atomic mass is 16.5. The third-order valence-electron chi connectivity index (χ3n) is 5.48. The summed E-state index contributed by atoms with van der Waals surface area (Å²) in [5.41, 5.74) is 9.30. The number of nitrogens with zero attached hydrogens (tertiary/aromatic N) is 1. The number of hydrogen-bond donors (Lipinski definition) is 1. The van der Waals surface area contributed by atoms with Crippen molar-refractivity contribution in [3.8, 4) is 29.1 Å². The third kappa shape index (κ3) is 4.39. The molecule has 1 atom stereocenters. The average molecular weight is 456 g/mol. The van der Waals surface area contributed by atoms with Gasteiger partial charge in [0.05, 0.1) is 25.2 Å². The number of allylic oxidation sites excluding steroid dienone is 1. The maximum absolute atomic E-state index is 12.6. The number of rotatable bonds is 6. The fourth-order valence-electron chi connectivity index (χ4n) is 3.92. The molecule has 0 saturated heterocycles. The van der Waals surface area contributed by atoms with Gasteiger partial charge >= 0.3 is 5.97 Å². The smallest absolute Gasteiger partial charge is 0.343 e. The summed E-state index contributed by atoms with van der Waals surface area (Å²) in [7, 11) is 1.56. The molecule has 0 radical (unpaired) electrons. The fraction of sp³-hybridized carbons (Fsp3) is 0.185. The fourth-order valence-corrected chi connectivity index (χ4v) is 3.92. The zero-order chi connectivity index (χ0) is 24.2. The van der Waals surface area contributed by atoms with Crippen molar-refractivity contribution in [2.75, 3.05) is 13.7 Å². The normalized spacial score (nSPS) is 14.5. The molecule has 172 valence electrons. The molecule has 0 saturated carbocycles. The van der Waals surface area contributed by atoms with Crippen molar-refractivity contribution < 1.29 is 23.7 Å². The van der Waals surface area contributed by atoms with Gasteiger partial charge in [-0.1, -0.05) is 29.8 Å². The van der Waals surface area contributed by atoms with Gasteiger partial charge in [0.1, 0.15) is 23.1 Å². The second-order valence-corrected chi connectivity index (χ2v) is 7.73. The molecule has 7 nitrogen and oxygen atoms in total. The number of fused-ring (bicyclic) bond motifs is 1. The predicted octanol–water partition coefficient (Wildman–Crippen LogP) is 4.84. The van der Waals surface area contributed by atoms with Crippen LogP contribution in [-0.4, -0.2) is 19.7 Å². The van der Waals surface area contributed by atoms with Gasteiger partial charge in [-0.15, -0.1) is 0 Å². The number of aryl methyl sites for hydroxylation is 1. The number of benzene rings is 3. The zero-order valence-electron chi connectivity index (χ0n) is 19.1. The average Bonchev–Trinajstić information content (AvgIpc) is 2.83. The van der Waals surface area contributed by atoms with Crippen LogP contribution in [0.3, 0.4) is 0 Å². The number of methoxy groups -OCH3 is 1. The molecular formula is C27H24N2O5. The lowest BCUT2D eigenvalue weighted by molar-refractivity contribution is 0.0734. The Labute approximate surface area is 197 Å². The van der Waals surface area contributed by atoms with Gasteiger partial charge in [0.2, 0.25) is 5.88 Å². The van der Waals surface area contributed by atoms with Crippen LogP contribution in [0.2, 0.25) is 0 Å². The van der Waals surface area contributed by atoms with Crippen molar-refractivity contribution in [3.05, 3.63) is 94.4 Å². The van der Waals surface area contributed by atoms with Crippen LogP contribution in [0.15, 0.2) is 72.1 Å². The topological polar surface area (TPSA) is 104 Å². The highest BCUT2D eigenvalue weighted by molar-refractivity contribution is 5.91. The first-order chi connectivity index (χ1) is 16.4. The molecule has 3 aromatic carbocycles. The van der Waals surface area contributed by atoms with Gasteiger partial charge in [-0.2, -0.15) is 5.26 Å². The number of esters is 1. The van der Waals surface area contributed by atoms with Crippen molar-refractivity contribution >= 4 is 5.97 Å². The molecule has 1 heterocycles. The van der Waals surface area contributed by atoms with E-state index in [1.807, 2.05) is 32.0 Å². The van der Waals surface area contributed by atoms with Gasteiger partial charge in [0.25, 0.3) is 0 Å². The van der Waals surface area contributed by atoms with E-state index in [1.54, 1.807) is 49.6 Å². The number of carbonyl (C=O) groups excluding carboxylic acids is 1. The van der Waals surface area contributed by atoms with Crippen LogP contribution in [0.5, 0.6) is 23.0 Å². The lowest BCUT2D eigenvalue weighted by atomic mass is 9.83. The summed E-state index contributed by atoms with van der Waals surface area (Å²) in [5, 5.41) is 9.81. The first-order valence-electron chi connectivity index (χ1n) is 10.8. The van der Waals surface area contributed by atoms with Gasteiger partial charge in [0.15, 0.2) is 11.5 Å². The minimum atomic E-state index is -0.486. The third-order valence-corrected chi connectivity index (χ3v) is 5.48. The molecular weight excluding hydrogens is 432 g/mol. The Morgan fingerprint density at radius 1 is 1.12 bits per heavy atom. The summed E-state index contributed by atoms with van der Waals surface area (Å²) in [5.74, 6) is 0.899. The molecule has 1 aliphatic rings. The van der Waals surface area contributed by atoms with Gasteiger partial charge in [0, 0.05) is 11.6 Å². The second-order valence-electron chi connectivity index (χ2n) is 7.73. The summed E-state index contributed by atoms with van der Waals surface area (Å²) < 4.78 is 22.4. The molecule has 2 N–H and O–H groups in total. The summed E-state index contributed by atoms with van der Waals surface area (Å²) >= 11 is 0. The lowest BCUT2D eigenvalue weighted by Gasteiger charge is -2.27. The minimum Gasteiger partial charge on any atom is -0.493 e. The SMILES string of the molecule is CCOc1ccc(C2C(C#N)=C(N)Oc3cc(OC(=O)c4cccc(C)c4)ccc32)cc1OC. The van der Waals surface area contributed by atoms with E-state index in [-0.39, 0.29) is 11.5 Å². The van der Waals surface area contributed by atoms with Crippen LogP contribution < -0.4 is 24.7 Å². The molecule has 0 spiro atoms. The van der Waals surface area contributed by atoms with Crippen LogP contribution in [0.25, 0.3) is 0 Å². The van der Waals surface area contributed by atoms with Crippen LogP contribution in [-0.2, 0) is 0 Å². The van der Waals surface area contributed by atoms with E-state index in [1.165, 1.54) is 0 Å². The van der Waals surface area contributed by atoms with E-state index in [2.05, 4.69) is 6.07 Å². The molecule has 7 heteroatoms. The van der Waals surface area contributed by atoms with Crippen molar-refractivity contribution in [2.45, 2.75) is 19.8 Å². The maximum Gasteiger partial charge on any atom is 0.343 e. The minimum absolute atomic E-state index is 0.00462. The van der Waals surface area contributed by atoms with Crippen molar-refractivity contribution in [1.29, 1.82) is 5.26 Å². The number of nitrogens with two attached hydrogens (primary N) is 1. The maximum atomic E-state index is 12.6. The summed E-state index contributed by atoms with van der Waals surface area (Å²) in [6.45, 7) is 4.29. The Balaban J connectivity index is 1.71. The molecule has 0 fully saturated rings. The van der Waals surface area contributed by atoms with E-state index >= 15 is 0 Å². The highest BCUT2D eigenvalue weighted by Crippen LogP contribution is 2.45. The van der Waals surface area contributed by atoms with Crippen molar-refractivity contribution in [2.24, 2.45) is 5.73 Å². The van der Waals surface area contributed by atoms with E-state index in [4.69, 9.17) is 24.7 Å². The quantitative estimate of drug-likeness (QED) is 0.418. The van der Waals surface area contributed by atoms with Gasteiger partial charge in [-0.05, 0) is 49.7 Å². The lowest BCUT2D eigenvalue weighted by Crippen LogP contribution is -2.21. The Kier molecular flexibility index (Phi) is 6.42. The number of ether oxygens (including phenoxy) is 4. The Morgan fingerprint density at radius 3 is 2.65 bits per heavy atom. The molecule has 4 rings (SSSR count). The number of carbonyl (C=O) groups is 1. The van der Waals surface area contributed by atoms with Gasteiger partial charge in [-0.25, -0.2) is 4.79 Å². The molecule has 0 aromatic heterocycles. The van der Waals surface area contributed by atoms with Gasteiger partial charge in [-0.3, -0.25) is 0 Å².